The predicted molar refractivity (Wildman–Crippen MR) is 141 cm³/mol. The van der Waals surface area contributed by atoms with Gasteiger partial charge in [-0.25, -0.2) is 0 Å². The fourth-order valence-corrected chi connectivity index (χ4v) is 6.49. The summed E-state index contributed by atoms with van der Waals surface area (Å²) in [5.41, 5.74) is 8.19. The molecule has 2 aliphatic heterocycles. The van der Waals surface area contributed by atoms with Crippen molar-refractivity contribution < 1.29 is 4.79 Å². The zero-order valence-corrected chi connectivity index (χ0v) is 21.1. The van der Waals surface area contributed by atoms with Crippen LogP contribution in [0.4, 0.5) is 11.4 Å². The lowest BCUT2D eigenvalue weighted by atomic mass is 10.0. The number of carbonyl (C=O) groups excluding carboxylic acids is 1. The molecule has 0 fully saturated rings. The summed E-state index contributed by atoms with van der Waals surface area (Å²) in [7, 11) is 2.19. The highest BCUT2D eigenvalue weighted by Gasteiger charge is 2.33. The minimum Gasteiger partial charge on any atom is -0.312 e. The van der Waals surface area contributed by atoms with Gasteiger partial charge in [0, 0.05) is 35.5 Å². The number of alkyl halides is 1. The number of carbonyl (C=O) groups is 1. The fourth-order valence-electron chi connectivity index (χ4n) is 5.24. The van der Waals surface area contributed by atoms with E-state index < -0.39 is 5.38 Å². The number of aryl methyl sites for hydroxylation is 1. The lowest BCUT2D eigenvalue weighted by Crippen LogP contribution is -2.33. The normalized spacial score (nSPS) is 16.2. The van der Waals surface area contributed by atoms with Gasteiger partial charge in [0.2, 0.25) is 5.91 Å². The SMILES string of the molecule is Cc1ccc2c(c1)c1c(n2-c2cccc3c2Sc2ccccc2N3C(=O)C(C)Cl)CCN(C)C1. The predicted octanol–water partition coefficient (Wildman–Crippen LogP) is 6.68. The van der Waals surface area contributed by atoms with Crippen LogP contribution in [0.5, 0.6) is 0 Å². The molecule has 0 aliphatic carbocycles. The van der Waals surface area contributed by atoms with Gasteiger partial charge in [-0.3, -0.25) is 9.69 Å². The number of benzene rings is 3. The summed E-state index contributed by atoms with van der Waals surface area (Å²) >= 11 is 8.06. The summed E-state index contributed by atoms with van der Waals surface area (Å²) in [4.78, 5) is 19.7. The number of para-hydroxylation sites is 1. The summed E-state index contributed by atoms with van der Waals surface area (Å²) in [6, 6.07) is 21.1. The number of fused-ring (bicyclic) bond motifs is 5. The van der Waals surface area contributed by atoms with E-state index in [1.807, 2.05) is 24.3 Å². The van der Waals surface area contributed by atoms with Gasteiger partial charge < -0.3 is 9.47 Å². The van der Waals surface area contributed by atoms with Crippen molar-refractivity contribution in [3.05, 3.63) is 77.5 Å². The van der Waals surface area contributed by atoms with Crippen molar-refractivity contribution in [2.75, 3.05) is 18.5 Å². The molecule has 172 valence electrons. The Labute approximate surface area is 209 Å². The Kier molecular flexibility index (Phi) is 5.25. The third-order valence-corrected chi connectivity index (χ3v) is 8.20. The maximum Gasteiger partial charge on any atom is 0.249 e. The lowest BCUT2D eigenvalue weighted by Gasteiger charge is -2.33. The first-order valence-electron chi connectivity index (χ1n) is 11.6. The third kappa shape index (κ3) is 3.29. The smallest absolute Gasteiger partial charge is 0.249 e. The molecule has 1 unspecified atom stereocenters. The van der Waals surface area contributed by atoms with Crippen LogP contribution < -0.4 is 4.90 Å². The number of halogens is 1. The number of anilines is 2. The van der Waals surface area contributed by atoms with Crippen molar-refractivity contribution in [1.29, 1.82) is 0 Å². The first-order valence-corrected chi connectivity index (χ1v) is 12.9. The Morgan fingerprint density at radius 3 is 2.62 bits per heavy atom. The lowest BCUT2D eigenvalue weighted by molar-refractivity contribution is -0.117. The number of hydrogen-bond donors (Lipinski definition) is 0. The van der Waals surface area contributed by atoms with Crippen molar-refractivity contribution in [1.82, 2.24) is 9.47 Å². The summed E-state index contributed by atoms with van der Waals surface area (Å²) in [6.45, 7) is 5.87. The highest BCUT2D eigenvalue weighted by atomic mass is 35.5. The van der Waals surface area contributed by atoms with E-state index in [1.165, 1.54) is 27.7 Å². The van der Waals surface area contributed by atoms with Gasteiger partial charge in [-0.1, -0.05) is 41.6 Å². The Bertz CT molecular complexity index is 1460. The molecule has 1 aromatic heterocycles. The van der Waals surface area contributed by atoms with Gasteiger partial charge in [0.15, 0.2) is 0 Å². The van der Waals surface area contributed by atoms with E-state index in [0.29, 0.717) is 0 Å². The first kappa shape index (κ1) is 21.8. The second-order valence-electron chi connectivity index (χ2n) is 9.25. The molecule has 0 saturated carbocycles. The van der Waals surface area contributed by atoms with Crippen molar-refractivity contribution in [3.63, 3.8) is 0 Å². The molecule has 0 saturated heterocycles. The monoisotopic (exact) mass is 487 g/mol. The summed E-state index contributed by atoms with van der Waals surface area (Å²) < 4.78 is 2.43. The van der Waals surface area contributed by atoms with Crippen LogP contribution in [0.15, 0.2) is 70.5 Å². The molecule has 1 amide bonds. The van der Waals surface area contributed by atoms with Gasteiger partial charge in [0.05, 0.1) is 27.5 Å². The van der Waals surface area contributed by atoms with E-state index in [0.717, 1.165) is 46.4 Å². The van der Waals surface area contributed by atoms with Crippen LogP contribution in [0.3, 0.4) is 0 Å². The molecule has 0 radical (unpaired) electrons. The van der Waals surface area contributed by atoms with Gasteiger partial charge in [0.1, 0.15) is 5.38 Å². The topological polar surface area (TPSA) is 28.5 Å². The average Bonchev–Trinajstić information content (AvgIpc) is 3.14. The van der Waals surface area contributed by atoms with Crippen LogP contribution in [0.1, 0.15) is 23.7 Å². The maximum absolute atomic E-state index is 13.3. The van der Waals surface area contributed by atoms with Crippen LogP contribution in [-0.2, 0) is 17.8 Å². The van der Waals surface area contributed by atoms with E-state index in [9.17, 15) is 4.79 Å². The second kappa shape index (κ2) is 8.19. The van der Waals surface area contributed by atoms with Gasteiger partial charge in [0.25, 0.3) is 0 Å². The van der Waals surface area contributed by atoms with Gasteiger partial charge in [-0.05, 0) is 62.9 Å². The van der Waals surface area contributed by atoms with E-state index in [1.54, 1.807) is 23.6 Å². The number of nitrogens with zero attached hydrogens (tertiary/aromatic N) is 3. The zero-order valence-electron chi connectivity index (χ0n) is 19.5. The second-order valence-corrected chi connectivity index (χ2v) is 11.0. The zero-order chi connectivity index (χ0) is 23.6. The van der Waals surface area contributed by atoms with Gasteiger partial charge in [-0.2, -0.15) is 0 Å². The van der Waals surface area contributed by atoms with Crippen LogP contribution in [0.25, 0.3) is 16.6 Å². The van der Waals surface area contributed by atoms with Crippen LogP contribution in [0, 0.1) is 6.92 Å². The number of aromatic nitrogens is 1. The maximum atomic E-state index is 13.3. The van der Waals surface area contributed by atoms with E-state index in [4.69, 9.17) is 11.6 Å². The van der Waals surface area contributed by atoms with Crippen LogP contribution >= 0.6 is 23.4 Å². The molecular formula is C28H26ClN3OS. The number of amides is 1. The minimum atomic E-state index is -0.619. The molecule has 0 N–H and O–H groups in total. The molecule has 6 heteroatoms. The minimum absolute atomic E-state index is 0.107. The van der Waals surface area contributed by atoms with E-state index in [2.05, 4.69) is 59.8 Å². The Morgan fingerprint density at radius 1 is 1.03 bits per heavy atom. The van der Waals surface area contributed by atoms with Gasteiger partial charge in [-0.15, -0.1) is 11.6 Å². The number of hydrogen-bond acceptors (Lipinski definition) is 3. The van der Waals surface area contributed by atoms with E-state index in [-0.39, 0.29) is 5.91 Å². The van der Waals surface area contributed by atoms with Crippen LogP contribution in [-0.4, -0.2) is 34.3 Å². The molecule has 3 heterocycles. The fraction of sp³-hybridized carbons (Fsp3) is 0.250. The van der Waals surface area contributed by atoms with E-state index >= 15 is 0 Å². The quantitative estimate of drug-likeness (QED) is 0.295. The van der Waals surface area contributed by atoms with Crippen molar-refractivity contribution in [2.45, 2.75) is 42.0 Å². The molecule has 6 rings (SSSR count). The molecule has 4 aromatic rings. The molecule has 2 aliphatic rings. The third-order valence-electron chi connectivity index (χ3n) is 6.83. The van der Waals surface area contributed by atoms with Gasteiger partial charge >= 0.3 is 0 Å². The summed E-state index contributed by atoms with van der Waals surface area (Å²) in [5, 5.41) is 0.703. The van der Waals surface area contributed by atoms with Crippen LogP contribution in [0.2, 0.25) is 0 Å². The molecule has 0 bridgehead atoms. The van der Waals surface area contributed by atoms with Crippen molar-refractivity contribution in [2.24, 2.45) is 0 Å². The Balaban J connectivity index is 1.63. The summed E-state index contributed by atoms with van der Waals surface area (Å²) in [6.07, 6.45) is 0.992. The average molecular weight is 488 g/mol. The van der Waals surface area contributed by atoms with Crippen molar-refractivity contribution in [3.8, 4) is 5.69 Å². The Hall–Kier alpha value is -2.73. The molecule has 3 aromatic carbocycles. The molecule has 34 heavy (non-hydrogen) atoms. The summed E-state index contributed by atoms with van der Waals surface area (Å²) in [5.74, 6) is -0.107. The molecule has 4 nitrogen and oxygen atoms in total. The molecule has 1 atom stereocenters. The number of likely N-dealkylation sites (N-methyl/N-ethyl adjacent to an activating group) is 1. The highest BCUT2D eigenvalue weighted by molar-refractivity contribution is 8.00. The standard InChI is InChI=1S/C28H26ClN3OS/c1-17-11-12-21-19(15-17)20-16-30(3)14-13-22(20)31(21)24-8-6-9-25-27(24)34-26-10-5-4-7-23(26)32(25)28(33)18(2)29/h4-12,15,18H,13-14,16H2,1-3H3. The highest BCUT2D eigenvalue weighted by Crippen LogP contribution is 2.51. The number of rotatable bonds is 2. The molecule has 0 spiro atoms. The molecular weight excluding hydrogens is 462 g/mol. The first-order chi connectivity index (χ1) is 16.4. The van der Waals surface area contributed by atoms with Crippen molar-refractivity contribution >= 4 is 51.5 Å². The Morgan fingerprint density at radius 2 is 1.79 bits per heavy atom. The largest absolute Gasteiger partial charge is 0.312 e.